The molecule has 1 fully saturated rings. The second-order valence-corrected chi connectivity index (χ2v) is 7.80. The van der Waals surface area contributed by atoms with Crippen molar-refractivity contribution in [2.24, 2.45) is 5.92 Å². The first-order valence-corrected chi connectivity index (χ1v) is 10.2. The first kappa shape index (κ1) is 20.1. The zero-order valence-corrected chi connectivity index (χ0v) is 17.3. The van der Waals surface area contributed by atoms with E-state index in [1.54, 1.807) is 40.2 Å². The largest absolute Gasteiger partial charge is 0.336 e. The number of para-hydroxylation sites is 1. The Morgan fingerprint density at radius 1 is 1.17 bits per heavy atom. The van der Waals surface area contributed by atoms with Crippen molar-refractivity contribution in [1.82, 2.24) is 19.7 Å². The summed E-state index contributed by atoms with van der Waals surface area (Å²) in [6.45, 7) is 2.90. The predicted octanol–water partition coefficient (Wildman–Crippen LogP) is 3.72. The second-order valence-electron chi connectivity index (χ2n) is 7.40. The van der Waals surface area contributed by atoms with E-state index in [0.29, 0.717) is 35.3 Å². The van der Waals surface area contributed by atoms with E-state index in [9.17, 15) is 9.59 Å². The van der Waals surface area contributed by atoms with Gasteiger partial charge in [0.2, 0.25) is 5.91 Å². The van der Waals surface area contributed by atoms with Crippen LogP contribution in [0.25, 0.3) is 5.69 Å². The highest BCUT2D eigenvalue weighted by Gasteiger charge is 2.30. The van der Waals surface area contributed by atoms with E-state index in [-0.39, 0.29) is 17.7 Å². The maximum Gasteiger partial charge on any atom is 0.274 e. The number of benzene rings is 1. The fourth-order valence-electron chi connectivity index (χ4n) is 3.52. The molecule has 1 N–H and O–H groups in total. The third-order valence-electron chi connectivity index (χ3n) is 5.15. The van der Waals surface area contributed by atoms with Gasteiger partial charge in [0, 0.05) is 25.5 Å². The molecular formula is C22H22ClN5O2. The van der Waals surface area contributed by atoms with Crippen molar-refractivity contribution in [3.8, 4) is 5.69 Å². The molecule has 2 aromatic heterocycles. The minimum absolute atomic E-state index is 0.120. The highest BCUT2D eigenvalue weighted by molar-refractivity contribution is 6.32. The monoisotopic (exact) mass is 423 g/mol. The fourth-order valence-corrected chi connectivity index (χ4v) is 3.74. The first-order valence-electron chi connectivity index (χ1n) is 9.84. The van der Waals surface area contributed by atoms with Gasteiger partial charge in [0.05, 0.1) is 16.6 Å². The van der Waals surface area contributed by atoms with Gasteiger partial charge in [-0.25, -0.2) is 9.67 Å². The predicted molar refractivity (Wildman–Crippen MR) is 115 cm³/mol. The molecule has 30 heavy (non-hydrogen) atoms. The van der Waals surface area contributed by atoms with Gasteiger partial charge in [-0.15, -0.1) is 0 Å². The summed E-state index contributed by atoms with van der Waals surface area (Å²) in [5.41, 5.74) is 2.06. The second kappa shape index (κ2) is 8.67. The van der Waals surface area contributed by atoms with E-state index in [2.05, 4.69) is 15.4 Å². The number of aromatic nitrogens is 3. The zero-order valence-electron chi connectivity index (χ0n) is 16.6. The fraction of sp³-hybridized carbons (Fsp3) is 0.273. The van der Waals surface area contributed by atoms with Crippen molar-refractivity contribution in [2.45, 2.75) is 19.8 Å². The van der Waals surface area contributed by atoms with E-state index in [4.69, 9.17) is 11.6 Å². The number of rotatable bonds is 4. The van der Waals surface area contributed by atoms with Crippen LogP contribution in [0.1, 0.15) is 28.9 Å². The lowest BCUT2D eigenvalue weighted by Gasteiger charge is -2.31. The summed E-state index contributed by atoms with van der Waals surface area (Å²) in [6.07, 6.45) is 4.92. The van der Waals surface area contributed by atoms with Crippen molar-refractivity contribution in [3.63, 3.8) is 0 Å². The van der Waals surface area contributed by atoms with Gasteiger partial charge in [-0.2, -0.15) is 5.10 Å². The number of nitrogens with zero attached hydrogens (tertiary/aromatic N) is 4. The Bertz CT molecular complexity index is 1060. The number of pyridine rings is 1. The van der Waals surface area contributed by atoms with Gasteiger partial charge in [-0.05, 0) is 49.6 Å². The smallest absolute Gasteiger partial charge is 0.274 e. The Labute approximate surface area is 179 Å². The van der Waals surface area contributed by atoms with Crippen LogP contribution < -0.4 is 5.32 Å². The summed E-state index contributed by atoms with van der Waals surface area (Å²) in [7, 11) is 0. The molecular weight excluding hydrogens is 402 g/mol. The number of hydrogen-bond donors (Lipinski definition) is 1. The van der Waals surface area contributed by atoms with Crippen LogP contribution in [-0.4, -0.2) is 44.6 Å². The molecule has 8 heteroatoms. The zero-order chi connectivity index (χ0) is 21.1. The number of halogens is 1. The Morgan fingerprint density at radius 3 is 2.77 bits per heavy atom. The molecule has 1 unspecified atom stereocenters. The lowest BCUT2D eigenvalue weighted by atomic mass is 9.97. The number of amides is 2. The first-order chi connectivity index (χ1) is 14.5. The lowest BCUT2D eigenvalue weighted by Crippen LogP contribution is -2.44. The molecule has 3 aromatic rings. The quantitative estimate of drug-likeness (QED) is 0.693. The molecule has 3 heterocycles. The van der Waals surface area contributed by atoms with Gasteiger partial charge in [-0.1, -0.05) is 29.8 Å². The number of nitrogens with one attached hydrogen (secondary N) is 1. The summed E-state index contributed by atoms with van der Waals surface area (Å²) < 4.78 is 1.59. The number of piperidine rings is 1. The van der Waals surface area contributed by atoms with E-state index < -0.39 is 0 Å². The Morgan fingerprint density at radius 2 is 2.00 bits per heavy atom. The van der Waals surface area contributed by atoms with Gasteiger partial charge >= 0.3 is 0 Å². The van der Waals surface area contributed by atoms with E-state index in [1.807, 2.05) is 31.2 Å². The van der Waals surface area contributed by atoms with Crippen molar-refractivity contribution in [2.75, 3.05) is 18.4 Å². The number of aryl methyl sites for hydroxylation is 1. The number of carbonyl (C=O) groups is 2. The van der Waals surface area contributed by atoms with Gasteiger partial charge in [0.25, 0.3) is 5.91 Å². The van der Waals surface area contributed by atoms with Gasteiger partial charge in [0.1, 0.15) is 5.82 Å². The van der Waals surface area contributed by atoms with Crippen LogP contribution in [0, 0.1) is 12.8 Å². The molecule has 1 aromatic carbocycles. The Hall–Kier alpha value is -3.19. The molecule has 0 saturated carbocycles. The van der Waals surface area contributed by atoms with Crippen molar-refractivity contribution >= 4 is 29.2 Å². The van der Waals surface area contributed by atoms with Gasteiger partial charge < -0.3 is 10.2 Å². The Balaban J connectivity index is 1.43. The molecule has 1 aliphatic rings. The minimum Gasteiger partial charge on any atom is -0.336 e. The maximum atomic E-state index is 13.0. The number of hydrogen-bond acceptors (Lipinski definition) is 4. The highest BCUT2D eigenvalue weighted by atomic mass is 35.5. The third kappa shape index (κ3) is 4.36. The van der Waals surface area contributed by atoms with E-state index >= 15 is 0 Å². The summed E-state index contributed by atoms with van der Waals surface area (Å²) >= 11 is 6.22. The van der Waals surface area contributed by atoms with Crippen LogP contribution in [0.15, 0.2) is 54.9 Å². The Kier molecular flexibility index (Phi) is 5.81. The van der Waals surface area contributed by atoms with Gasteiger partial charge in [-0.3, -0.25) is 9.59 Å². The molecule has 0 bridgehead atoms. The van der Waals surface area contributed by atoms with Crippen molar-refractivity contribution < 1.29 is 9.59 Å². The van der Waals surface area contributed by atoms with E-state index in [1.165, 1.54) is 0 Å². The molecule has 0 aliphatic carbocycles. The molecule has 1 aliphatic heterocycles. The third-order valence-corrected chi connectivity index (χ3v) is 5.47. The van der Waals surface area contributed by atoms with Crippen molar-refractivity contribution in [3.05, 3.63) is 71.1 Å². The molecule has 1 saturated heterocycles. The van der Waals surface area contributed by atoms with Crippen LogP contribution in [-0.2, 0) is 4.79 Å². The standard InChI is InChI=1S/C22H22ClN5O2/c1-15-8-9-20(24-13-15)25-21(29)16-5-4-11-27(14-16)22(30)18-10-12-28(26-18)19-7-3-2-6-17(19)23/h2-3,6-10,12-13,16H,4-5,11,14H2,1H3,(H,24,25,29). The summed E-state index contributed by atoms with van der Waals surface area (Å²) in [5.74, 6) is -0.0683. The van der Waals surface area contributed by atoms with Gasteiger partial charge in [0.15, 0.2) is 5.69 Å². The van der Waals surface area contributed by atoms with Crippen molar-refractivity contribution in [1.29, 1.82) is 0 Å². The average Bonchev–Trinajstić information content (AvgIpc) is 3.25. The normalized spacial score (nSPS) is 16.3. The maximum absolute atomic E-state index is 13.0. The summed E-state index contributed by atoms with van der Waals surface area (Å²) in [6, 6.07) is 12.7. The molecule has 1 atom stereocenters. The summed E-state index contributed by atoms with van der Waals surface area (Å²) in [4.78, 5) is 31.5. The molecule has 0 radical (unpaired) electrons. The van der Waals surface area contributed by atoms with Crippen LogP contribution in [0.4, 0.5) is 5.82 Å². The number of carbonyl (C=O) groups excluding carboxylic acids is 2. The van der Waals surface area contributed by atoms with Crippen LogP contribution >= 0.6 is 11.6 Å². The van der Waals surface area contributed by atoms with Crippen LogP contribution in [0.3, 0.4) is 0 Å². The summed E-state index contributed by atoms with van der Waals surface area (Å²) in [5, 5.41) is 7.79. The number of likely N-dealkylation sites (tertiary alicyclic amines) is 1. The molecule has 7 nitrogen and oxygen atoms in total. The topological polar surface area (TPSA) is 80.1 Å². The molecule has 2 amide bonds. The van der Waals surface area contributed by atoms with E-state index in [0.717, 1.165) is 18.4 Å². The molecule has 4 rings (SSSR count). The SMILES string of the molecule is Cc1ccc(NC(=O)C2CCCN(C(=O)c3ccn(-c4ccccc4Cl)n3)C2)nc1. The van der Waals surface area contributed by atoms with Crippen LogP contribution in [0.2, 0.25) is 5.02 Å². The average molecular weight is 424 g/mol. The highest BCUT2D eigenvalue weighted by Crippen LogP contribution is 2.22. The lowest BCUT2D eigenvalue weighted by molar-refractivity contribution is -0.121. The minimum atomic E-state index is -0.281. The van der Waals surface area contributed by atoms with Crippen LogP contribution in [0.5, 0.6) is 0 Å². The number of anilines is 1. The molecule has 0 spiro atoms. The molecule has 154 valence electrons.